The predicted octanol–water partition coefficient (Wildman–Crippen LogP) is 1.31. The third kappa shape index (κ3) is 2.69. The maximum absolute atomic E-state index is 12.6. The molecule has 20 heavy (non-hydrogen) atoms. The number of likely N-dealkylation sites (tertiary alicyclic amines) is 1. The van der Waals surface area contributed by atoms with Gasteiger partial charge < -0.3 is 10.0 Å². The molecule has 1 N–H and O–H groups in total. The Morgan fingerprint density at radius 3 is 2.75 bits per heavy atom. The van der Waals surface area contributed by atoms with Crippen LogP contribution in [0.2, 0.25) is 0 Å². The van der Waals surface area contributed by atoms with Gasteiger partial charge in [0.25, 0.3) is 5.91 Å². The van der Waals surface area contributed by atoms with Gasteiger partial charge in [-0.25, -0.2) is 4.79 Å². The molecule has 1 saturated heterocycles. The molecule has 0 spiro atoms. The fraction of sp³-hybridized carbons (Fsp3) is 0.643. The highest BCUT2D eigenvalue weighted by atomic mass is 16.4. The summed E-state index contributed by atoms with van der Waals surface area (Å²) in [5.74, 6) is -0.834. The first-order chi connectivity index (χ1) is 9.43. The topological polar surface area (TPSA) is 75.4 Å². The van der Waals surface area contributed by atoms with E-state index in [-0.39, 0.29) is 5.91 Å². The van der Waals surface area contributed by atoms with Gasteiger partial charge in [0.2, 0.25) is 0 Å². The van der Waals surface area contributed by atoms with Crippen LogP contribution >= 0.6 is 0 Å². The van der Waals surface area contributed by atoms with E-state index >= 15 is 0 Å². The average Bonchev–Trinajstić information content (AvgIpc) is 2.79. The highest BCUT2D eigenvalue weighted by Gasteiger charge is 2.36. The zero-order valence-corrected chi connectivity index (χ0v) is 12.2. The molecule has 0 bridgehead atoms. The SMILES string of the molecule is CCc1cc(C(=O)N2CCC(C)CC2C(=O)O)n(C)n1. The van der Waals surface area contributed by atoms with Gasteiger partial charge in [0.1, 0.15) is 11.7 Å². The van der Waals surface area contributed by atoms with E-state index in [2.05, 4.69) is 5.10 Å². The average molecular weight is 279 g/mol. The first kappa shape index (κ1) is 14.6. The van der Waals surface area contributed by atoms with Crippen molar-refractivity contribution >= 4 is 11.9 Å². The van der Waals surface area contributed by atoms with E-state index in [0.29, 0.717) is 24.6 Å². The summed E-state index contributed by atoms with van der Waals surface area (Å²) in [6.45, 7) is 4.49. The highest BCUT2D eigenvalue weighted by molar-refractivity contribution is 5.95. The number of aliphatic carboxylic acids is 1. The van der Waals surface area contributed by atoms with Gasteiger partial charge in [0.05, 0.1) is 5.69 Å². The van der Waals surface area contributed by atoms with E-state index in [1.54, 1.807) is 13.1 Å². The van der Waals surface area contributed by atoms with Crippen molar-refractivity contribution in [2.75, 3.05) is 6.54 Å². The number of hydrogen-bond acceptors (Lipinski definition) is 3. The number of piperidine rings is 1. The summed E-state index contributed by atoms with van der Waals surface area (Å²) in [4.78, 5) is 25.4. The summed E-state index contributed by atoms with van der Waals surface area (Å²) in [5.41, 5.74) is 1.30. The van der Waals surface area contributed by atoms with Gasteiger partial charge in [-0.2, -0.15) is 5.10 Å². The number of carboxylic acid groups (broad SMARTS) is 1. The second kappa shape index (κ2) is 5.64. The van der Waals surface area contributed by atoms with E-state index in [1.807, 2.05) is 13.8 Å². The lowest BCUT2D eigenvalue weighted by Gasteiger charge is -2.35. The number of carboxylic acids is 1. The Morgan fingerprint density at radius 2 is 2.20 bits per heavy atom. The molecular weight excluding hydrogens is 258 g/mol. The molecule has 2 unspecified atom stereocenters. The lowest BCUT2D eigenvalue weighted by atomic mass is 9.92. The summed E-state index contributed by atoms with van der Waals surface area (Å²) < 4.78 is 1.54. The molecule has 6 heteroatoms. The summed E-state index contributed by atoms with van der Waals surface area (Å²) in [6.07, 6.45) is 2.11. The van der Waals surface area contributed by atoms with Crippen molar-refractivity contribution < 1.29 is 14.7 Å². The molecule has 1 amide bonds. The first-order valence-electron chi connectivity index (χ1n) is 7.00. The van der Waals surface area contributed by atoms with Crippen molar-refractivity contribution in [1.29, 1.82) is 0 Å². The molecule has 0 aliphatic carbocycles. The molecule has 0 saturated carbocycles. The number of hydrogen-bond donors (Lipinski definition) is 1. The van der Waals surface area contributed by atoms with Crippen LogP contribution in [-0.4, -0.2) is 44.3 Å². The number of aryl methyl sites for hydroxylation is 2. The standard InChI is InChI=1S/C14H21N3O3/c1-4-10-8-11(16(3)15-10)13(18)17-6-5-9(2)7-12(17)14(19)20/h8-9,12H,4-7H2,1-3H3,(H,19,20). The molecule has 110 valence electrons. The van der Waals surface area contributed by atoms with Crippen molar-refractivity contribution in [3.63, 3.8) is 0 Å². The van der Waals surface area contributed by atoms with Crippen molar-refractivity contribution in [2.45, 2.75) is 39.2 Å². The fourth-order valence-electron chi connectivity index (χ4n) is 2.67. The maximum Gasteiger partial charge on any atom is 0.326 e. The van der Waals surface area contributed by atoms with Crippen LogP contribution in [0.5, 0.6) is 0 Å². The van der Waals surface area contributed by atoms with Crippen LogP contribution in [-0.2, 0) is 18.3 Å². The summed E-state index contributed by atoms with van der Waals surface area (Å²) >= 11 is 0. The molecule has 1 aliphatic rings. The molecule has 1 fully saturated rings. The first-order valence-corrected chi connectivity index (χ1v) is 7.00. The number of amides is 1. The van der Waals surface area contributed by atoms with Gasteiger partial charge >= 0.3 is 5.97 Å². The summed E-state index contributed by atoms with van der Waals surface area (Å²) in [5, 5.41) is 13.6. The van der Waals surface area contributed by atoms with E-state index in [9.17, 15) is 14.7 Å². The number of carbonyl (C=O) groups is 2. The Labute approximate surface area is 118 Å². The third-order valence-corrected chi connectivity index (χ3v) is 3.92. The number of rotatable bonds is 3. The largest absolute Gasteiger partial charge is 0.480 e. The Hall–Kier alpha value is -1.85. The molecule has 0 radical (unpaired) electrons. The zero-order valence-electron chi connectivity index (χ0n) is 12.2. The number of aromatic nitrogens is 2. The smallest absolute Gasteiger partial charge is 0.326 e. The van der Waals surface area contributed by atoms with Gasteiger partial charge in [-0.05, 0) is 31.2 Å². The minimum Gasteiger partial charge on any atom is -0.480 e. The Balaban J connectivity index is 2.26. The number of nitrogens with zero attached hydrogens (tertiary/aromatic N) is 3. The lowest BCUT2D eigenvalue weighted by molar-refractivity contribution is -0.144. The predicted molar refractivity (Wildman–Crippen MR) is 73.4 cm³/mol. The van der Waals surface area contributed by atoms with Gasteiger partial charge in [-0.3, -0.25) is 9.48 Å². The lowest BCUT2D eigenvalue weighted by Crippen LogP contribution is -2.50. The summed E-state index contributed by atoms with van der Waals surface area (Å²) in [7, 11) is 1.72. The van der Waals surface area contributed by atoms with E-state index in [4.69, 9.17) is 0 Å². The van der Waals surface area contributed by atoms with Crippen molar-refractivity contribution in [3.8, 4) is 0 Å². The molecule has 1 aromatic rings. The van der Waals surface area contributed by atoms with E-state index in [1.165, 1.54) is 9.58 Å². The second-order valence-corrected chi connectivity index (χ2v) is 5.48. The molecule has 6 nitrogen and oxygen atoms in total. The molecule has 0 aromatic carbocycles. The van der Waals surface area contributed by atoms with Crippen LogP contribution in [0.15, 0.2) is 6.07 Å². The monoisotopic (exact) mass is 279 g/mol. The second-order valence-electron chi connectivity index (χ2n) is 5.48. The van der Waals surface area contributed by atoms with Crippen molar-refractivity contribution in [2.24, 2.45) is 13.0 Å². The van der Waals surface area contributed by atoms with Crippen molar-refractivity contribution in [1.82, 2.24) is 14.7 Å². The number of carbonyl (C=O) groups excluding carboxylic acids is 1. The van der Waals surface area contributed by atoms with Crippen LogP contribution in [0.25, 0.3) is 0 Å². The van der Waals surface area contributed by atoms with Crippen LogP contribution in [0.3, 0.4) is 0 Å². The van der Waals surface area contributed by atoms with Crippen molar-refractivity contribution in [3.05, 3.63) is 17.5 Å². The molecule has 1 aliphatic heterocycles. The normalized spacial score (nSPS) is 22.9. The minimum atomic E-state index is -0.928. The Kier molecular flexibility index (Phi) is 4.11. The molecule has 2 heterocycles. The molecule has 1 aromatic heterocycles. The molecule has 2 atom stereocenters. The Bertz CT molecular complexity index is 524. The van der Waals surface area contributed by atoms with Crippen LogP contribution in [0, 0.1) is 5.92 Å². The van der Waals surface area contributed by atoms with Gasteiger partial charge in [0.15, 0.2) is 0 Å². The third-order valence-electron chi connectivity index (χ3n) is 3.92. The van der Waals surface area contributed by atoms with Gasteiger partial charge in [-0.15, -0.1) is 0 Å². The fourth-order valence-corrected chi connectivity index (χ4v) is 2.67. The van der Waals surface area contributed by atoms with Gasteiger partial charge in [-0.1, -0.05) is 13.8 Å². The van der Waals surface area contributed by atoms with Gasteiger partial charge in [0, 0.05) is 13.6 Å². The zero-order chi connectivity index (χ0) is 14.9. The van der Waals surface area contributed by atoms with E-state index in [0.717, 1.165) is 18.5 Å². The minimum absolute atomic E-state index is 0.237. The highest BCUT2D eigenvalue weighted by Crippen LogP contribution is 2.24. The summed E-state index contributed by atoms with van der Waals surface area (Å²) in [6, 6.07) is 1.02. The molecule has 2 rings (SSSR count). The quantitative estimate of drug-likeness (QED) is 0.905. The van der Waals surface area contributed by atoms with Crippen LogP contribution in [0.4, 0.5) is 0 Å². The van der Waals surface area contributed by atoms with E-state index < -0.39 is 12.0 Å². The Morgan fingerprint density at radius 1 is 1.50 bits per heavy atom. The van der Waals surface area contributed by atoms with Crippen LogP contribution in [0.1, 0.15) is 42.9 Å². The molecular formula is C14H21N3O3. The van der Waals surface area contributed by atoms with Crippen LogP contribution < -0.4 is 0 Å². The maximum atomic E-state index is 12.6.